The van der Waals surface area contributed by atoms with Gasteiger partial charge in [0.25, 0.3) is 0 Å². The maximum absolute atomic E-state index is 12.1. The molecule has 2 N–H and O–H groups in total. The third kappa shape index (κ3) is 15.5. The molecule has 1 saturated carbocycles. The van der Waals surface area contributed by atoms with E-state index in [1.165, 1.54) is 11.1 Å². The Kier molecular flexibility index (Phi) is 23.9. The molecule has 2 aromatic rings. The van der Waals surface area contributed by atoms with Crippen LogP contribution in [0.15, 0.2) is 36.4 Å². The van der Waals surface area contributed by atoms with Crippen molar-refractivity contribution in [3.8, 4) is 11.5 Å². The predicted octanol–water partition coefficient (Wildman–Crippen LogP) is 4.56. The number of likely N-dealkylation sites (tertiary alicyclic amines) is 1. The highest BCUT2D eigenvalue weighted by atomic mass is 16.6. The minimum absolute atomic E-state index is 0.00625. The van der Waals surface area contributed by atoms with Crippen LogP contribution in [0.4, 0.5) is 5.69 Å². The number of carbonyl (C=O) groups is 1. The summed E-state index contributed by atoms with van der Waals surface area (Å²) in [4.78, 5) is 14.6. The molecule has 0 unspecified atom stereocenters. The molecule has 1 saturated heterocycles. The number of likely N-dealkylation sites (N-methyl/N-ethyl adjacent to an activating group) is 1. The first-order valence-electron chi connectivity index (χ1n) is 23.3. The number of benzene rings is 2. The van der Waals surface area contributed by atoms with Crippen LogP contribution in [0.5, 0.6) is 11.5 Å². The number of anilines is 1. The van der Waals surface area contributed by atoms with E-state index >= 15 is 0 Å². The van der Waals surface area contributed by atoms with Gasteiger partial charge < -0.3 is 72.2 Å². The van der Waals surface area contributed by atoms with Crippen molar-refractivity contribution < 1.29 is 66.7 Å². The Hall–Kier alpha value is -3.13. The monoisotopic (exact) mass is 905 g/mol. The van der Waals surface area contributed by atoms with Gasteiger partial charge in [-0.3, -0.25) is 0 Å². The lowest BCUT2D eigenvalue weighted by Gasteiger charge is -2.58. The topological polar surface area (TPSA) is 163 Å². The number of methoxy groups -OCH3 is 2. The number of carbonyl (C=O) groups excluding carboxylic acids is 1. The molecule has 4 aliphatic rings. The first-order chi connectivity index (χ1) is 31.4. The number of piperidine rings is 1. The standard InChI is InChI=1S/C30H53NO11.C18H23NO3/c1-3-4-9-31-29-7-5-28(6-8-29)30(32)42-27-26-41-25-24-40-23-22-39-21-20-38-19-18-37-17-16-36-15-14-35-13-12-34-11-10-33-2;1-19-8-7-18-11-4-5-13(20)17(18)22-16-14(21-2)6-3-10(15(16)18)9-12(11)19/h5-8,31H,3-4,9-27H2,1-2H3;3,6,11-13,17,20H,4-5,7-9H2,1-2H3/t;11-,12+,13-,17-,18-/m.0/s1. The van der Waals surface area contributed by atoms with Crippen LogP contribution in [0.3, 0.4) is 0 Å². The van der Waals surface area contributed by atoms with E-state index in [0.29, 0.717) is 130 Å². The molecular weight excluding hydrogens is 829 g/mol. The van der Waals surface area contributed by atoms with Gasteiger partial charge in [-0.15, -0.1) is 0 Å². The number of hydrogen-bond acceptors (Lipinski definition) is 16. The quantitative estimate of drug-likeness (QED) is 0.0757. The van der Waals surface area contributed by atoms with E-state index in [4.69, 9.17) is 56.8 Å². The first-order valence-corrected chi connectivity index (χ1v) is 23.3. The van der Waals surface area contributed by atoms with Gasteiger partial charge in [0.2, 0.25) is 0 Å². The zero-order chi connectivity index (χ0) is 45.2. The summed E-state index contributed by atoms with van der Waals surface area (Å²) < 4.78 is 65.4. The van der Waals surface area contributed by atoms with Crippen molar-refractivity contribution in [3.05, 3.63) is 53.1 Å². The second-order valence-electron chi connectivity index (χ2n) is 16.3. The van der Waals surface area contributed by atoms with Gasteiger partial charge in [0.1, 0.15) is 12.7 Å². The van der Waals surface area contributed by atoms with Gasteiger partial charge in [-0.2, -0.15) is 0 Å². The number of hydrogen-bond donors (Lipinski definition) is 2. The molecule has 6 rings (SSSR count). The molecule has 1 spiro atoms. The molecule has 2 aliphatic carbocycles. The van der Waals surface area contributed by atoms with Crippen molar-refractivity contribution in [2.45, 2.75) is 69.1 Å². The third-order valence-electron chi connectivity index (χ3n) is 12.2. The molecule has 0 radical (unpaired) electrons. The molecule has 0 aromatic heterocycles. The number of ether oxygens (including phenoxy) is 12. The van der Waals surface area contributed by atoms with E-state index in [-0.39, 0.29) is 30.2 Å². The highest BCUT2D eigenvalue weighted by Gasteiger charge is 2.65. The van der Waals surface area contributed by atoms with Crippen LogP contribution in [0.2, 0.25) is 0 Å². The van der Waals surface area contributed by atoms with Gasteiger partial charge >= 0.3 is 5.97 Å². The van der Waals surface area contributed by atoms with Gasteiger partial charge in [-0.1, -0.05) is 19.4 Å². The Morgan fingerprint density at radius 2 is 1.27 bits per heavy atom. The zero-order valence-electron chi connectivity index (χ0n) is 38.9. The van der Waals surface area contributed by atoms with Crippen molar-refractivity contribution in [1.82, 2.24) is 4.90 Å². The second kappa shape index (κ2) is 29.5. The predicted molar refractivity (Wildman–Crippen MR) is 241 cm³/mol. The lowest BCUT2D eigenvalue weighted by Crippen LogP contribution is -2.66. The van der Waals surface area contributed by atoms with E-state index in [2.05, 4.69) is 30.3 Å². The number of esters is 1. The number of aliphatic hydroxyl groups excluding tert-OH is 1. The van der Waals surface area contributed by atoms with Crippen LogP contribution in [-0.2, 0) is 59.2 Å². The summed E-state index contributed by atoms with van der Waals surface area (Å²) >= 11 is 0. The molecule has 2 fully saturated rings. The van der Waals surface area contributed by atoms with Crippen molar-refractivity contribution >= 4 is 11.7 Å². The smallest absolute Gasteiger partial charge is 0.338 e. The number of rotatable bonds is 33. The highest BCUT2D eigenvalue weighted by Crippen LogP contribution is 2.63. The Balaban J connectivity index is 0.000000287. The third-order valence-corrected chi connectivity index (χ3v) is 12.2. The lowest BCUT2D eigenvalue weighted by molar-refractivity contribution is -0.0993. The van der Waals surface area contributed by atoms with E-state index in [1.807, 2.05) is 18.2 Å². The molecule has 64 heavy (non-hydrogen) atoms. The van der Waals surface area contributed by atoms with E-state index < -0.39 is 0 Å². The molecule has 2 aliphatic heterocycles. The molecule has 2 heterocycles. The SMILES string of the molecule is CCCCNc1ccc(C(=O)OCCOCCOCCOCCOCCOCCOCCOCCOCCOC)cc1.COc1ccc2c3c1O[C@H]1[C@@H](O)CC[C@H]4[C@@H](C2)N(C)CC[C@@]341. The van der Waals surface area contributed by atoms with Gasteiger partial charge in [-0.25, -0.2) is 4.79 Å². The molecule has 0 amide bonds. The van der Waals surface area contributed by atoms with Gasteiger partial charge in [0, 0.05) is 36.4 Å². The Morgan fingerprint density at radius 1 is 0.734 bits per heavy atom. The molecular formula is C48H76N2O14. The van der Waals surface area contributed by atoms with Crippen LogP contribution in [0.25, 0.3) is 0 Å². The van der Waals surface area contributed by atoms with Gasteiger partial charge in [-0.05, 0) is 87.5 Å². The minimum atomic E-state index is -0.358. The summed E-state index contributed by atoms with van der Waals surface area (Å²) in [6, 6.07) is 12.1. The average Bonchev–Trinajstić information content (AvgIpc) is 3.67. The normalized spacial score (nSPS) is 21.7. The lowest BCUT2D eigenvalue weighted by atomic mass is 9.51. The van der Waals surface area contributed by atoms with Gasteiger partial charge in [0.05, 0.1) is 131 Å². The summed E-state index contributed by atoms with van der Waals surface area (Å²) in [5.41, 5.74) is 4.29. The van der Waals surface area contributed by atoms with Crippen molar-refractivity contribution in [2.24, 2.45) is 5.92 Å². The number of aliphatic hydroxyl groups is 1. The van der Waals surface area contributed by atoms with Crippen LogP contribution in [0, 0.1) is 5.92 Å². The molecule has 5 atom stereocenters. The Morgan fingerprint density at radius 3 is 1.78 bits per heavy atom. The Labute approximate surface area is 380 Å². The largest absolute Gasteiger partial charge is 0.493 e. The Bertz CT molecular complexity index is 1590. The van der Waals surface area contributed by atoms with Gasteiger partial charge in [0.15, 0.2) is 11.5 Å². The fourth-order valence-corrected chi connectivity index (χ4v) is 9.05. The summed E-state index contributed by atoms with van der Waals surface area (Å²) in [7, 11) is 5.60. The average molecular weight is 905 g/mol. The van der Waals surface area contributed by atoms with E-state index in [1.54, 1.807) is 26.4 Å². The first kappa shape index (κ1) is 51.8. The summed E-state index contributed by atoms with van der Waals surface area (Å²) in [6.07, 6.45) is 5.94. The fourth-order valence-electron chi connectivity index (χ4n) is 9.05. The molecule has 2 bridgehead atoms. The van der Waals surface area contributed by atoms with Crippen molar-refractivity contribution in [2.75, 3.05) is 159 Å². The number of nitrogens with zero attached hydrogens (tertiary/aromatic N) is 1. The van der Waals surface area contributed by atoms with Crippen molar-refractivity contribution in [3.63, 3.8) is 0 Å². The maximum Gasteiger partial charge on any atom is 0.338 e. The molecule has 16 nitrogen and oxygen atoms in total. The minimum Gasteiger partial charge on any atom is -0.493 e. The number of nitrogens with one attached hydrogen (secondary N) is 1. The summed E-state index contributed by atoms with van der Waals surface area (Å²) in [5, 5.41) is 14.0. The highest BCUT2D eigenvalue weighted by molar-refractivity contribution is 5.89. The van der Waals surface area contributed by atoms with E-state index in [9.17, 15) is 9.90 Å². The number of unbranched alkanes of at least 4 members (excludes halogenated alkanes) is 1. The molecule has 16 heteroatoms. The van der Waals surface area contributed by atoms with Crippen LogP contribution in [-0.4, -0.2) is 188 Å². The molecule has 2 aromatic carbocycles. The molecule has 362 valence electrons. The zero-order valence-corrected chi connectivity index (χ0v) is 38.9. The fraction of sp³-hybridized carbons (Fsp3) is 0.729. The van der Waals surface area contributed by atoms with Crippen molar-refractivity contribution in [1.29, 1.82) is 0 Å². The second-order valence-corrected chi connectivity index (χ2v) is 16.3. The maximum atomic E-state index is 12.1. The van der Waals surface area contributed by atoms with E-state index in [0.717, 1.165) is 68.8 Å². The van der Waals surface area contributed by atoms with Crippen LogP contribution in [0.1, 0.15) is 60.5 Å². The van der Waals surface area contributed by atoms with Crippen LogP contribution >= 0.6 is 0 Å². The van der Waals surface area contributed by atoms with Crippen LogP contribution < -0.4 is 14.8 Å². The summed E-state index contributed by atoms with van der Waals surface area (Å²) in [6.45, 7) is 12.8. The summed E-state index contributed by atoms with van der Waals surface area (Å²) in [5.74, 6) is 1.98.